The monoisotopic (exact) mass is 427 g/mol. The predicted octanol–water partition coefficient (Wildman–Crippen LogP) is 4.33. The maximum absolute atomic E-state index is 12.8. The first-order chi connectivity index (χ1) is 12.8. The molecule has 0 radical (unpaired) electrons. The van der Waals surface area contributed by atoms with E-state index in [9.17, 15) is 17.8 Å². The fourth-order valence-corrected chi connectivity index (χ4v) is 4.65. The molecular weight excluding hydrogens is 409 g/mol. The maximum Gasteiger partial charge on any atom is 0.281 e. The number of piperidine rings is 1. The van der Waals surface area contributed by atoms with E-state index in [1.165, 1.54) is 17.0 Å². The minimum atomic E-state index is -4.57. The summed E-state index contributed by atoms with van der Waals surface area (Å²) in [5, 5.41) is -0.615. The number of hydrogen-bond acceptors (Lipinski definition) is 3. The van der Waals surface area contributed by atoms with Gasteiger partial charge < -0.3 is 4.90 Å². The first kappa shape index (κ1) is 20.1. The van der Waals surface area contributed by atoms with Crippen LogP contribution in [0.2, 0.25) is 10.0 Å². The van der Waals surface area contributed by atoms with Gasteiger partial charge in [-0.25, -0.2) is 0 Å². The van der Waals surface area contributed by atoms with Gasteiger partial charge in [-0.05, 0) is 42.0 Å². The van der Waals surface area contributed by atoms with Crippen LogP contribution in [0.25, 0.3) is 0 Å². The van der Waals surface area contributed by atoms with Crippen LogP contribution in [0.5, 0.6) is 0 Å². The molecule has 1 unspecified atom stereocenters. The molecule has 1 amide bonds. The highest BCUT2D eigenvalue weighted by atomic mass is 35.5. The average Bonchev–Trinajstić information content (AvgIpc) is 2.64. The number of nitrogens with zero attached hydrogens (tertiary/aromatic N) is 1. The van der Waals surface area contributed by atoms with Gasteiger partial charge in [0.25, 0.3) is 10.1 Å². The topological polar surface area (TPSA) is 74.7 Å². The molecule has 27 heavy (non-hydrogen) atoms. The van der Waals surface area contributed by atoms with E-state index in [2.05, 4.69) is 0 Å². The van der Waals surface area contributed by atoms with Crippen LogP contribution >= 0.6 is 23.2 Å². The Morgan fingerprint density at radius 3 is 2.22 bits per heavy atom. The second-order valence-corrected chi connectivity index (χ2v) is 8.89. The van der Waals surface area contributed by atoms with Crippen molar-refractivity contribution in [2.75, 3.05) is 13.1 Å². The lowest BCUT2D eigenvalue weighted by Gasteiger charge is -2.34. The van der Waals surface area contributed by atoms with E-state index in [0.29, 0.717) is 36.0 Å². The van der Waals surface area contributed by atoms with Gasteiger partial charge in [-0.15, -0.1) is 0 Å². The summed E-state index contributed by atoms with van der Waals surface area (Å²) < 4.78 is 33.3. The average molecular weight is 428 g/mol. The molecule has 0 aliphatic carbocycles. The van der Waals surface area contributed by atoms with Gasteiger partial charge in [0.15, 0.2) is 5.25 Å². The lowest BCUT2D eigenvalue weighted by atomic mass is 9.89. The van der Waals surface area contributed by atoms with Crippen molar-refractivity contribution >= 4 is 39.2 Å². The third-order valence-corrected chi connectivity index (χ3v) is 6.65. The first-order valence-electron chi connectivity index (χ1n) is 8.52. The number of halogens is 2. The largest absolute Gasteiger partial charge is 0.341 e. The van der Waals surface area contributed by atoms with Gasteiger partial charge in [-0.1, -0.05) is 59.6 Å². The molecule has 1 saturated heterocycles. The standard InChI is InChI=1S/C19H19Cl2NO4S/c20-16-7-6-15(12-17(16)21)13-8-10-22(11-9-13)19(23)18(27(24,25)26)14-4-2-1-3-5-14/h1-7,12-13,18H,8-11H2,(H,24,25,26). The van der Waals surface area contributed by atoms with Crippen LogP contribution in [-0.2, 0) is 14.9 Å². The molecule has 144 valence electrons. The van der Waals surface area contributed by atoms with E-state index in [4.69, 9.17) is 23.2 Å². The SMILES string of the molecule is O=C(C(c1ccccc1)S(=O)(=O)O)N1CCC(c2ccc(Cl)c(Cl)c2)CC1. The molecule has 8 heteroatoms. The highest BCUT2D eigenvalue weighted by Gasteiger charge is 2.37. The smallest absolute Gasteiger partial charge is 0.281 e. The molecule has 2 aromatic carbocycles. The summed E-state index contributed by atoms with van der Waals surface area (Å²) in [5.74, 6) is -0.388. The van der Waals surface area contributed by atoms with Crippen LogP contribution in [-0.4, -0.2) is 36.9 Å². The summed E-state index contributed by atoms with van der Waals surface area (Å²) in [6.45, 7) is 0.811. The van der Waals surface area contributed by atoms with E-state index in [0.717, 1.165) is 5.56 Å². The Hall–Kier alpha value is -1.60. The van der Waals surface area contributed by atoms with Crippen LogP contribution in [0.3, 0.4) is 0 Å². The Morgan fingerprint density at radius 2 is 1.67 bits per heavy atom. The first-order valence-corrected chi connectivity index (χ1v) is 10.8. The van der Waals surface area contributed by atoms with E-state index in [-0.39, 0.29) is 11.5 Å². The minimum absolute atomic E-state index is 0.213. The number of carbonyl (C=O) groups excluding carboxylic acids is 1. The molecule has 0 aromatic heterocycles. The molecule has 1 aliphatic heterocycles. The lowest BCUT2D eigenvalue weighted by molar-refractivity contribution is -0.132. The van der Waals surface area contributed by atoms with Crippen molar-refractivity contribution in [3.05, 3.63) is 69.7 Å². The molecule has 1 heterocycles. The number of amides is 1. The number of rotatable bonds is 4. The summed E-state index contributed by atoms with van der Waals surface area (Å²) >= 11 is 12.0. The van der Waals surface area contributed by atoms with E-state index >= 15 is 0 Å². The highest BCUT2D eigenvalue weighted by molar-refractivity contribution is 7.86. The zero-order valence-electron chi connectivity index (χ0n) is 14.4. The molecule has 5 nitrogen and oxygen atoms in total. The Morgan fingerprint density at radius 1 is 1.04 bits per heavy atom. The van der Waals surface area contributed by atoms with Crippen LogP contribution < -0.4 is 0 Å². The van der Waals surface area contributed by atoms with E-state index in [1.54, 1.807) is 24.3 Å². The van der Waals surface area contributed by atoms with Crippen molar-refractivity contribution in [1.29, 1.82) is 0 Å². The fourth-order valence-electron chi connectivity index (χ4n) is 3.44. The van der Waals surface area contributed by atoms with Crippen LogP contribution in [0.1, 0.15) is 35.1 Å². The summed E-state index contributed by atoms with van der Waals surface area (Å²) in [7, 11) is -4.57. The van der Waals surface area contributed by atoms with Gasteiger partial charge in [-0.2, -0.15) is 8.42 Å². The van der Waals surface area contributed by atoms with E-state index in [1.807, 2.05) is 12.1 Å². The Kier molecular flexibility index (Phi) is 6.11. The third-order valence-electron chi connectivity index (χ3n) is 4.85. The molecule has 0 bridgehead atoms. The maximum atomic E-state index is 12.8. The van der Waals surface area contributed by atoms with Crippen molar-refractivity contribution in [2.24, 2.45) is 0 Å². The second kappa shape index (κ2) is 8.19. The Balaban J connectivity index is 1.74. The molecule has 1 N–H and O–H groups in total. The minimum Gasteiger partial charge on any atom is -0.341 e. The fraction of sp³-hybridized carbons (Fsp3) is 0.316. The van der Waals surface area contributed by atoms with Gasteiger partial charge in [0.2, 0.25) is 5.91 Å². The number of carbonyl (C=O) groups is 1. The number of likely N-dealkylation sites (tertiary alicyclic amines) is 1. The Labute approximate surface area is 168 Å². The summed E-state index contributed by atoms with van der Waals surface area (Å²) in [4.78, 5) is 14.3. The van der Waals surface area contributed by atoms with Crippen LogP contribution in [0, 0.1) is 0 Å². The molecule has 0 spiro atoms. The summed E-state index contributed by atoms with van der Waals surface area (Å²) in [5.41, 5.74) is 1.31. The zero-order chi connectivity index (χ0) is 19.6. The number of hydrogen-bond donors (Lipinski definition) is 1. The normalized spacial score (nSPS) is 16.9. The number of benzene rings is 2. The lowest BCUT2D eigenvalue weighted by Crippen LogP contribution is -2.42. The van der Waals surface area contributed by atoms with Gasteiger partial charge in [0, 0.05) is 13.1 Å². The quantitative estimate of drug-likeness (QED) is 0.736. The summed E-state index contributed by atoms with van der Waals surface area (Å²) in [6, 6.07) is 13.5. The molecule has 1 aliphatic rings. The van der Waals surface area contributed by atoms with Crippen molar-refractivity contribution in [3.8, 4) is 0 Å². The van der Waals surface area contributed by atoms with Gasteiger partial charge in [0.1, 0.15) is 0 Å². The third kappa shape index (κ3) is 4.63. The summed E-state index contributed by atoms with van der Waals surface area (Å²) in [6.07, 6.45) is 1.35. The molecule has 3 rings (SSSR count). The van der Waals surface area contributed by atoms with Crippen LogP contribution in [0.15, 0.2) is 48.5 Å². The van der Waals surface area contributed by atoms with Crippen LogP contribution in [0.4, 0.5) is 0 Å². The van der Waals surface area contributed by atoms with Crippen molar-refractivity contribution < 1.29 is 17.8 Å². The van der Waals surface area contributed by atoms with E-state index < -0.39 is 21.3 Å². The second-order valence-electron chi connectivity index (χ2n) is 6.58. The van der Waals surface area contributed by atoms with Crippen molar-refractivity contribution in [1.82, 2.24) is 4.90 Å². The van der Waals surface area contributed by atoms with Crippen molar-refractivity contribution in [2.45, 2.75) is 24.0 Å². The molecule has 1 atom stereocenters. The van der Waals surface area contributed by atoms with Crippen molar-refractivity contribution in [3.63, 3.8) is 0 Å². The molecule has 1 fully saturated rings. The molecule has 0 saturated carbocycles. The highest BCUT2D eigenvalue weighted by Crippen LogP contribution is 2.34. The van der Waals surface area contributed by atoms with Gasteiger partial charge in [-0.3, -0.25) is 9.35 Å². The zero-order valence-corrected chi connectivity index (χ0v) is 16.7. The van der Waals surface area contributed by atoms with Gasteiger partial charge in [0.05, 0.1) is 10.0 Å². The molecular formula is C19H19Cl2NO4S. The predicted molar refractivity (Wildman–Crippen MR) is 106 cm³/mol. The molecule has 2 aromatic rings. The van der Waals surface area contributed by atoms with Gasteiger partial charge >= 0.3 is 0 Å². The Bertz CT molecular complexity index is 926.